The monoisotopic (exact) mass is 223 g/mol. The normalized spacial score (nSPS) is 46.1. The minimum Gasteiger partial charge on any atom is -0.327 e. The molecule has 4 atom stereocenters. The number of nitrogens with two attached hydrogens (primary N) is 1. The third-order valence-corrected chi connectivity index (χ3v) is 5.04. The van der Waals surface area contributed by atoms with Gasteiger partial charge in [-0.15, -0.1) is 0 Å². The second-order valence-electron chi connectivity index (χ2n) is 6.03. The molecule has 3 fully saturated rings. The summed E-state index contributed by atoms with van der Waals surface area (Å²) in [5.74, 6) is 0.684. The van der Waals surface area contributed by atoms with Crippen LogP contribution in [0.25, 0.3) is 0 Å². The van der Waals surface area contributed by atoms with Crippen LogP contribution < -0.4 is 5.73 Å². The Hall–Kier alpha value is -0.120. The molecule has 92 valence electrons. The second kappa shape index (κ2) is 4.28. The molecule has 3 heterocycles. The molecule has 0 amide bonds. The van der Waals surface area contributed by atoms with Crippen molar-refractivity contribution in [2.45, 2.75) is 50.7 Å². The lowest BCUT2D eigenvalue weighted by Gasteiger charge is -2.40. The Morgan fingerprint density at radius 1 is 0.938 bits per heavy atom. The number of hydrogen-bond acceptors (Lipinski definition) is 3. The Bertz CT molecular complexity index is 256. The van der Waals surface area contributed by atoms with Gasteiger partial charge in [0, 0.05) is 31.2 Å². The molecule has 0 bridgehead atoms. The van der Waals surface area contributed by atoms with E-state index in [-0.39, 0.29) is 0 Å². The third kappa shape index (κ3) is 1.79. The molecule has 0 saturated carbocycles. The van der Waals surface area contributed by atoms with Crippen molar-refractivity contribution in [3.63, 3.8) is 0 Å². The van der Waals surface area contributed by atoms with E-state index in [2.05, 4.69) is 16.7 Å². The fourth-order valence-corrected chi connectivity index (χ4v) is 3.98. The molecule has 0 radical (unpaired) electrons. The van der Waals surface area contributed by atoms with Gasteiger partial charge in [0.25, 0.3) is 0 Å². The molecule has 3 heteroatoms. The predicted octanol–water partition coefficient (Wildman–Crippen LogP) is 0.892. The Morgan fingerprint density at radius 2 is 1.69 bits per heavy atom. The van der Waals surface area contributed by atoms with E-state index in [9.17, 15) is 0 Å². The zero-order valence-corrected chi connectivity index (χ0v) is 10.4. The summed E-state index contributed by atoms with van der Waals surface area (Å²) in [4.78, 5) is 5.45. The molecular weight excluding hydrogens is 198 g/mol. The van der Waals surface area contributed by atoms with Crippen molar-refractivity contribution in [2.24, 2.45) is 11.7 Å². The minimum atomic E-state index is 0.442. The highest BCUT2D eigenvalue weighted by Gasteiger charge is 2.41. The van der Waals surface area contributed by atoms with Crippen molar-refractivity contribution in [1.82, 2.24) is 9.80 Å². The molecule has 3 saturated heterocycles. The van der Waals surface area contributed by atoms with Crippen LogP contribution in [0.4, 0.5) is 0 Å². The second-order valence-corrected chi connectivity index (χ2v) is 6.03. The SMILES string of the molecule is CC1CN(C2CCN3CCCC23)CCC1N. The average Bonchev–Trinajstić information content (AvgIpc) is 2.83. The number of rotatable bonds is 1. The third-order valence-electron chi connectivity index (χ3n) is 5.04. The molecular formula is C13H25N3. The molecule has 3 rings (SSSR count). The first-order chi connectivity index (χ1) is 7.75. The topological polar surface area (TPSA) is 32.5 Å². The maximum Gasteiger partial charge on any atom is 0.0263 e. The summed E-state index contributed by atoms with van der Waals surface area (Å²) < 4.78 is 0. The van der Waals surface area contributed by atoms with Gasteiger partial charge in [-0.2, -0.15) is 0 Å². The summed E-state index contributed by atoms with van der Waals surface area (Å²) in [6.07, 6.45) is 5.45. The van der Waals surface area contributed by atoms with Gasteiger partial charge in [0.2, 0.25) is 0 Å². The molecule has 0 spiro atoms. The molecule has 3 aliphatic rings. The molecule has 0 aromatic rings. The Kier molecular flexibility index (Phi) is 2.94. The first kappa shape index (κ1) is 11.0. The number of hydrogen-bond donors (Lipinski definition) is 1. The van der Waals surface area contributed by atoms with E-state index in [0.717, 1.165) is 12.1 Å². The fourth-order valence-electron chi connectivity index (χ4n) is 3.98. The van der Waals surface area contributed by atoms with Crippen molar-refractivity contribution in [3.8, 4) is 0 Å². The van der Waals surface area contributed by atoms with Crippen LogP contribution in [0.1, 0.15) is 32.6 Å². The van der Waals surface area contributed by atoms with E-state index in [0.29, 0.717) is 12.0 Å². The van der Waals surface area contributed by atoms with Crippen molar-refractivity contribution < 1.29 is 0 Å². The van der Waals surface area contributed by atoms with Crippen LogP contribution in [-0.4, -0.2) is 54.1 Å². The minimum absolute atomic E-state index is 0.442. The van der Waals surface area contributed by atoms with Crippen molar-refractivity contribution >= 4 is 0 Å². The largest absolute Gasteiger partial charge is 0.327 e. The van der Waals surface area contributed by atoms with Crippen LogP contribution in [0.2, 0.25) is 0 Å². The van der Waals surface area contributed by atoms with E-state index in [1.165, 1.54) is 51.9 Å². The van der Waals surface area contributed by atoms with Gasteiger partial charge in [-0.3, -0.25) is 9.80 Å². The zero-order valence-electron chi connectivity index (χ0n) is 10.4. The van der Waals surface area contributed by atoms with Gasteiger partial charge in [-0.1, -0.05) is 6.92 Å². The summed E-state index contributed by atoms with van der Waals surface area (Å²) in [7, 11) is 0. The van der Waals surface area contributed by atoms with Gasteiger partial charge in [0.05, 0.1) is 0 Å². The highest BCUT2D eigenvalue weighted by molar-refractivity contribution is 4.98. The lowest BCUT2D eigenvalue weighted by atomic mass is 9.92. The van der Waals surface area contributed by atoms with Crippen LogP contribution >= 0.6 is 0 Å². The van der Waals surface area contributed by atoms with Crippen molar-refractivity contribution in [2.75, 3.05) is 26.2 Å². The van der Waals surface area contributed by atoms with Gasteiger partial charge < -0.3 is 5.73 Å². The molecule has 0 aromatic heterocycles. The van der Waals surface area contributed by atoms with Gasteiger partial charge in [-0.25, -0.2) is 0 Å². The van der Waals surface area contributed by atoms with E-state index in [1.807, 2.05) is 0 Å². The first-order valence-electron chi connectivity index (χ1n) is 6.99. The van der Waals surface area contributed by atoms with Crippen LogP contribution in [-0.2, 0) is 0 Å². The van der Waals surface area contributed by atoms with Crippen molar-refractivity contribution in [3.05, 3.63) is 0 Å². The molecule has 16 heavy (non-hydrogen) atoms. The molecule has 3 nitrogen and oxygen atoms in total. The van der Waals surface area contributed by atoms with Crippen LogP contribution in [0.3, 0.4) is 0 Å². The summed E-state index contributed by atoms with van der Waals surface area (Å²) in [6.45, 7) is 7.48. The van der Waals surface area contributed by atoms with Crippen molar-refractivity contribution in [1.29, 1.82) is 0 Å². The molecule has 4 unspecified atom stereocenters. The summed E-state index contributed by atoms with van der Waals surface area (Å²) in [6, 6.07) is 2.16. The van der Waals surface area contributed by atoms with E-state index < -0.39 is 0 Å². The lowest BCUT2D eigenvalue weighted by molar-refractivity contribution is 0.0975. The van der Waals surface area contributed by atoms with Gasteiger partial charge in [-0.05, 0) is 44.7 Å². The summed E-state index contributed by atoms with van der Waals surface area (Å²) in [5, 5.41) is 0. The maximum atomic E-state index is 6.11. The van der Waals surface area contributed by atoms with E-state index in [4.69, 9.17) is 5.73 Å². The number of likely N-dealkylation sites (tertiary alicyclic amines) is 1. The maximum absolute atomic E-state index is 6.11. The summed E-state index contributed by atoms with van der Waals surface area (Å²) >= 11 is 0. The van der Waals surface area contributed by atoms with Gasteiger partial charge in [0.1, 0.15) is 0 Å². The number of nitrogens with zero attached hydrogens (tertiary/aromatic N) is 2. The van der Waals surface area contributed by atoms with Gasteiger partial charge >= 0.3 is 0 Å². The fraction of sp³-hybridized carbons (Fsp3) is 1.00. The Morgan fingerprint density at radius 3 is 2.50 bits per heavy atom. The van der Waals surface area contributed by atoms with Crippen LogP contribution in [0.5, 0.6) is 0 Å². The lowest BCUT2D eigenvalue weighted by Crippen LogP contribution is -2.52. The number of fused-ring (bicyclic) bond motifs is 1. The zero-order chi connectivity index (χ0) is 11.1. The number of piperidine rings is 1. The predicted molar refractivity (Wildman–Crippen MR) is 66.3 cm³/mol. The Balaban J connectivity index is 1.65. The summed E-state index contributed by atoms with van der Waals surface area (Å²) in [5.41, 5.74) is 6.11. The van der Waals surface area contributed by atoms with Gasteiger partial charge in [0.15, 0.2) is 0 Å². The van der Waals surface area contributed by atoms with Crippen LogP contribution in [0, 0.1) is 5.92 Å². The van der Waals surface area contributed by atoms with Crippen LogP contribution in [0.15, 0.2) is 0 Å². The molecule has 0 aromatic carbocycles. The highest BCUT2D eigenvalue weighted by atomic mass is 15.3. The quantitative estimate of drug-likeness (QED) is 0.716. The standard InChI is InChI=1S/C13H25N3/c1-10-9-16(7-4-11(10)14)13-5-8-15-6-2-3-12(13)15/h10-13H,2-9,14H2,1H3. The molecule has 2 N–H and O–H groups in total. The van der Waals surface area contributed by atoms with E-state index >= 15 is 0 Å². The average molecular weight is 223 g/mol. The smallest absolute Gasteiger partial charge is 0.0263 e. The highest BCUT2D eigenvalue weighted by Crippen LogP contribution is 2.33. The van der Waals surface area contributed by atoms with E-state index in [1.54, 1.807) is 0 Å². The molecule has 3 aliphatic heterocycles. The molecule has 0 aliphatic carbocycles. The first-order valence-corrected chi connectivity index (χ1v) is 6.99. The Labute approximate surface area is 99.0 Å².